The van der Waals surface area contributed by atoms with E-state index in [0.29, 0.717) is 5.70 Å². The third-order valence-electron chi connectivity index (χ3n) is 2.86. The number of nitrogens with zero attached hydrogens (tertiary/aromatic N) is 2. The Morgan fingerprint density at radius 2 is 2.00 bits per heavy atom. The minimum atomic E-state index is -0.480. The normalized spacial score (nSPS) is 11.9. The Bertz CT molecular complexity index is 552. The summed E-state index contributed by atoms with van der Waals surface area (Å²) >= 11 is 0. The fraction of sp³-hybridized carbons (Fsp3) is 0.333. The van der Waals surface area contributed by atoms with Gasteiger partial charge in [-0.1, -0.05) is 17.3 Å². The number of esters is 1. The Hall–Kier alpha value is -2.50. The van der Waals surface area contributed by atoms with Crippen LogP contribution in [0.15, 0.2) is 41.4 Å². The second-order valence-corrected chi connectivity index (χ2v) is 4.20. The van der Waals surface area contributed by atoms with Gasteiger partial charge in [0.2, 0.25) is 0 Å². The highest BCUT2D eigenvalue weighted by molar-refractivity contribution is 5.99. The monoisotopic (exact) mass is 292 g/mol. The number of anilines is 1. The lowest BCUT2D eigenvalue weighted by Gasteiger charge is -2.21. The molecule has 0 bridgehead atoms. The zero-order valence-electron chi connectivity index (χ0n) is 12.9. The standard InChI is InChI=1S/C15H20N2O4/c1-11(16-21-5)12-7-6-8-13(9-12)17(2)14(10-19-3)15(18)20-4/h6-10H,1-5H3/b14-10-,16-11+. The fourth-order valence-corrected chi connectivity index (χ4v) is 1.75. The molecule has 0 saturated carbocycles. The first-order valence-corrected chi connectivity index (χ1v) is 6.28. The van der Waals surface area contributed by atoms with Gasteiger partial charge in [0.05, 0.1) is 19.9 Å². The van der Waals surface area contributed by atoms with Crippen LogP contribution in [-0.2, 0) is 19.1 Å². The van der Waals surface area contributed by atoms with Crippen molar-refractivity contribution in [2.24, 2.45) is 5.16 Å². The maximum Gasteiger partial charge on any atom is 0.357 e. The van der Waals surface area contributed by atoms with Gasteiger partial charge >= 0.3 is 5.97 Å². The average molecular weight is 292 g/mol. The van der Waals surface area contributed by atoms with E-state index >= 15 is 0 Å². The largest absolute Gasteiger partial charge is 0.502 e. The summed E-state index contributed by atoms with van der Waals surface area (Å²) in [7, 11) is 6.05. The van der Waals surface area contributed by atoms with E-state index < -0.39 is 5.97 Å². The van der Waals surface area contributed by atoms with Gasteiger partial charge in [0.1, 0.15) is 13.4 Å². The lowest BCUT2D eigenvalue weighted by molar-refractivity contribution is -0.136. The van der Waals surface area contributed by atoms with Crippen molar-refractivity contribution in [3.05, 3.63) is 41.8 Å². The molecule has 0 unspecified atom stereocenters. The van der Waals surface area contributed by atoms with Crippen LogP contribution < -0.4 is 4.90 Å². The maximum absolute atomic E-state index is 11.8. The predicted octanol–water partition coefficient (Wildman–Crippen LogP) is 2.15. The summed E-state index contributed by atoms with van der Waals surface area (Å²) in [5.41, 5.74) is 2.72. The van der Waals surface area contributed by atoms with Crippen LogP contribution in [0.4, 0.5) is 5.69 Å². The Kier molecular flexibility index (Phi) is 6.26. The fourth-order valence-electron chi connectivity index (χ4n) is 1.75. The molecule has 0 aliphatic rings. The Balaban J connectivity index is 3.14. The second-order valence-electron chi connectivity index (χ2n) is 4.20. The maximum atomic E-state index is 11.8. The molecular weight excluding hydrogens is 272 g/mol. The third-order valence-corrected chi connectivity index (χ3v) is 2.86. The average Bonchev–Trinajstić information content (AvgIpc) is 2.51. The number of ether oxygens (including phenoxy) is 2. The molecule has 6 nitrogen and oxygen atoms in total. The van der Waals surface area contributed by atoms with Gasteiger partial charge in [-0.3, -0.25) is 0 Å². The molecule has 0 N–H and O–H groups in total. The molecule has 0 heterocycles. The molecule has 21 heavy (non-hydrogen) atoms. The van der Waals surface area contributed by atoms with Crippen molar-refractivity contribution in [2.75, 3.05) is 33.3 Å². The van der Waals surface area contributed by atoms with Crippen molar-refractivity contribution in [3.63, 3.8) is 0 Å². The van der Waals surface area contributed by atoms with E-state index in [1.165, 1.54) is 27.6 Å². The second kappa shape index (κ2) is 7.94. The molecule has 6 heteroatoms. The topological polar surface area (TPSA) is 60.4 Å². The van der Waals surface area contributed by atoms with Gasteiger partial charge in [0.15, 0.2) is 5.70 Å². The number of oxime groups is 1. The van der Waals surface area contributed by atoms with E-state index in [-0.39, 0.29) is 0 Å². The van der Waals surface area contributed by atoms with Crippen LogP contribution in [0.2, 0.25) is 0 Å². The summed E-state index contributed by atoms with van der Waals surface area (Å²) in [4.78, 5) is 18.2. The SMILES string of the molecule is CO/C=C(/C(=O)OC)N(C)c1cccc(/C(C)=N/OC)c1. The highest BCUT2D eigenvalue weighted by Crippen LogP contribution is 2.20. The van der Waals surface area contributed by atoms with Crippen molar-refractivity contribution in [1.82, 2.24) is 0 Å². The number of rotatable bonds is 6. The van der Waals surface area contributed by atoms with Crippen LogP contribution in [-0.4, -0.2) is 40.1 Å². The van der Waals surface area contributed by atoms with Crippen molar-refractivity contribution in [3.8, 4) is 0 Å². The number of benzene rings is 1. The summed E-state index contributed by atoms with van der Waals surface area (Å²) in [6.45, 7) is 1.84. The van der Waals surface area contributed by atoms with E-state index in [1.54, 1.807) is 11.9 Å². The van der Waals surface area contributed by atoms with Crippen molar-refractivity contribution in [2.45, 2.75) is 6.92 Å². The van der Waals surface area contributed by atoms with Gasteiger partial charge in [-0.05, 0) is 19.1 Å². The summed E-state index contributed by atoms with van der Waals surface area (Å²) < 4.78 is 9.69. The molecule has 1 aromatic rings. The van der Waals surface area contributed by atoms with Crippen LogP contribution in [0, 0.1) is 0 Å². The summed E-state index contributed by atoms with van der Waals surface area (Å²) in [5, 5.41) is 3.89. The van der Waals surface area contributed by atoms with Gasteiger partial charge in [-0.2, -0.15) is 0 Å². The molecular formula is C15H20N2O4. The molecule has 114 valence electrons. The Labute approximate surface area is 124 Å². The van der Waals surface area contributed by atoms with Crippen molar-refractivity contribution in [1.29, 1.82) is 0 Å². The first-order valence-electron chi connectivity index (χ1n) is 6.28. The van der Waals surface area contributed by atoms with Gasteiger partial charge < -0.3 is 19.2 Å². The number of likely N-dealkylation sites (N-methyl/N-ethyl adjacent to an activating group) is 1. The number of methoxy groups -OCH3 is 2. The molecule has 0 aliphatic carbocycles. The van der Waals surface area contributed by atoms with E-state index in [9.17, 15) is 4.79 Å². The highest BCUT2D eigenvalue weighted by Gasteiger charge is 2.17. The summed E-state index contributed by atoms with van der Waals surface area (Å²) in [6.07, 6.45) is 1.34. The zero-order chi connectivity index (χ0) is 15.8. The van der Waals surface area contributed by atoms with Crippen molar-refractivity contribution >= 4 is 17.4 Å². The third kappa shape index (κ3) is 4.24. The molecule has 0 aliphatic heterocycles. The van der Waals surface area contributed by atoms with E-state index in [0.717, 1.165) is 17.0 Å². The van der Waals surface area contributed by atoms with E-state index in [1.807, 2.05) is 31.2 Å². The molecule has 0 fully saturated rings. The predicted molar refractivity (Wildman–Crippen MR) is 81.2 cm³/mol. The molecule has 0 radical (unpaired) electrons. The Morgan fingerprint density at radius 1 is 1.29 bits per heavy atom. The van der Waals surface area contributed by atoms with E-state index in [4.69, 9.17) is 14.3 Å². The summed E-state index contributed by atoms with van der Waals surface area (Å²) in [6, 6.07) is 7.55. The Morgan fingerprint density at radius 3 is 2.57 bits per heavy atom. The lowest BCUT2D eigenvalue weighted by Crippen LogP contribution is -2.24. The molecule has 0 spiro atoms. The van der Waals surface area contributed by atoms with Crippen LogP contribution in [0.3, 0.4) is 0 Å². The van der Waals surface area contributed by atoms with Crippen LogP contribution in [0.1, 0.15) is 12.5 Å². The first kappa shape index (κ1) is 16.6. The summed E-state index contributed by atoms with van der Waals surface area (Å²) in [5.74, 6) is -0.480. The highest BCUT2D eigenvalue weighted by atomic mass is 16.6. The molecule has 0 aromatic heterocycles. The first-order chi connectivity index (χ1) is 10.0. The quantitative estimate of drug-likeness (QED) is 0.264. The van der Waals surface area contributed by atoms with Gasteiger partial charge in [0, 0.05) is 18.3 Å². The number of carbonyl (C=O) groups excluding carboxylic acids is 1. The molecule has 0 atom stereocenters. The molecule has 0 saturated heterocycles. The van der Waals surface area contributed by atoms with Gasteiger partial charge in [0.25, 0.3) is 0 Å². The molecule has 0 amide bonds. The minimum absolute atomic E-state index is 0.290. The minimum Gasteiger partial charge on any atom is -0.502 e. The van der Waals surface area contributed by atoms with Crippen LogP contribution >= 0.6 is 0 Å². The zero-order valence-corrected chi connectivity index (χ0v) is 12.9. The number of carbonyl (C=O) groups is 1. The van der Waals surface area contributed by atoms with Crippen LogP contribution in [0.25, 0.3) is 0 Å². The lowest BCUT2D eigenvalue weighted by atomic mass is 10.1. The van der Waals surface area contributed by atoms with Crippen LogP contribution in [0.5, 0.6) is 0 Å². The van der Waals surface area contributed by atoms with E-state index in [2.05, 4.69) is 5.16 Å². The number of hydrogen-bond donors (Lipinski definition) is 0. The molecule has 1 aromatic carbocycles. The van der Waals surface area contributed by atoms with Gasteiger partial charge in [-0.25, -0.2) is 4.79 Å². The van der Waals surface area contributed by atoms with Gasteiger partial charge in [-0.15, -0.1) is 0 Å². The smallest absolute Gasteiger partial charge is 0.357 e. The van der Waals surface area contributed by atoms with Crippen molar-refractivity contribution < 1.29 is 19.1 Å². The molecule has 1 rings (SSSR count). The number of hydrogen-bond acceptors (Lipinski definition) is 6.